The lowest BCUT2D eigenvalue weighted by Gasteiger charge is -2.09. The Balaban J connectivity index is 2.67. The Morgan fingerprint density at radius 3 is 2.68 bits per heavy atom. The molecule has 0 aliphatic rings. The SMILES string of the molecule is CCCCC/C=C\C(=O)/C=C/c1cc(C)c(O)c(OCC)c1. The predicted molar refractivity (Wildman–Crippen MR) is 91.3 cm³/mol. The van der Waals surface area contributed by atoms with Crippen LogP contribution in [0.2, 0.25) is 0 Å². The molecule has 120 valence electrons. The summed E-state index contributed by atoms with van der Waals surface area (Å²) in [4.78, 5) is 11.8. The summed E-state index contributed by atoms with van der Waals surface area (Å²) in [6.07, 6.45) is 11.3. The van der Waals surface area contributed by atoms with Gasteiger partial charge in [0.2, 0.25) is 0 Å². The van der Waals surface area contributed by atoms with Crippen LogP contribution in [0, 0.1) is 6.92 Å². The standard InChI is InChI=1S/C19H26O3/c1-4-6-7-8-9-10-17(20)12-11-16-13-15(3)19(21)18(14-16)22-5-2/h9-14,21H,4-8H2,1-3H3/b10-9-,12-11+. The highest BCUT2D eigenvalue weighted by Crippen LogP contribution is 2.31. The number of carbonyl (C=O) groups excluding carboxylic acids is 1. The minimum atomic E-state index is -0.0276. The molecule has 0 fully saturated rings. The number of ether oxygens (including phenoxy) is 1. The zero-order chi connectivity index (χ0) is 16.4. The molecule has 0 amide bonds. The van der Waals surface area contributed by atoms with Gasteiger partial charge in [0.25, 0.3) is 0 Å². The van der Waals surface area contributed by atoms with Crippen LogP contribution in [0.1, 0.15) is 50.7 Å². The van der Waals surface area contributed by atoms with Crippen molar-refractivity contribution in [1.29, 1.82) is 0 Å². The van der Waals surface area contributed by atoms with Gasteiger partial charge in [-0.2, -0.15) is 0 Å². The normalized spacial score (nSPS) is 11.4. The molecular weight excluding hydrogens is 276 g/mol. The lowest BCUT2D eigenvalue weighted by molar-refractivity contribution is -0.110. The highest BCUT2D eigenvalue weighted by molar-refractivity contribution is 6.02. The van der Waals surface area contributed by atoms with Gasteiger partial charge >= 0.3 is 0 Å². The van der Waals surface area contributed by atoms with Crippen molar-refractivity contribution in [1.82, 2.24) is 0 Å². The first-order valence-corrected chi connectivity index (χ1v) is 7.93. The molecule has 1 aromatic carbocycles. The molecule has 0 radical (unpaired) electrons. The minimum absolute atomic E-state index is 0.0276. The quantitative estimate of drug-likeness (QED) is 0.525. The van der Waals surface area contributed by atoms with Gasteiger partial charge in [-0.15, -0.1) is 0 Å². The molecule has 0 atom stereocenters. The largest absolute Gasteiger partial charge is 0.504 e. The van der Waals surface area contributed by atoms with Gasteiger partial charge in [-0.25, -0.2) is 0 Å². The highest BCUT2D eigenvalue weighted by atomic mass is 16.5. The van der Waals surface area contributed by atoms with E-state index in [0.29, 0.717) is 12.4 Å². The zero-order valence-corrected chi connectivity index (χ0v) is 13.8. The Labute approximate surface area is 133 Å². The van der Waals surface area contributed by atoms with Crippen LogP contribution in [0.25, 0.3) is 6.08 Å². The van der Waals surface area contributed by atoms with Crippen molar-refractivity contribution in [3.8, 4) is 11.5 Å². The molecule has 0 aliphatic carbocycles. The van der Waals surface area contributed by atoms with Crippen LogP contribution in [0.3, 0.4) is 0 Å². The monoisotopic (exact) mass is 302 g/mol. The molecule has 1 rings (SSSR count). The molecule has 0 heterocycles. The second-order valence-electron chi connectivity index (χ2n) is 5.25. The summed E-state index contributed by atoms with van der Waals surface area (Å²) in [5.41, 5.74) is 1.57. The Kier molecular flexibility index (Phi) is 8.05. The fourth-order valence-electron chi connectivity index (χ4n) is 2.08. The second kappa shape index (κ2) is 9.82. The van der Waals surface area contributed by atoms with Crippen LogP contribution in [0.15, 0.2) is 30.4 Å². The molecule has 0 bridgehead atoms. The van der Waals surface area contributed by atoms with Crippen LogP contribution in [0.5, 0.6) is 11.5 Å². The highest BCUT2D eigenvalue weighted by Gasteiger charge is 2.06. The predicted octanol–water partition coefficient (Wildman–Crippen LogP) is 4.82. The Morgan fingerprint density at radius 1 is 1.23 bits per heavy atom. The number of aryl methyl sites for hydroxylation is 1. The number of benzene rings is 1. The van der Waals surface area contributed by atoms with Gasteiger partial charge in [-0.1, -0.05) is 31.9 Å². The molecule has 0 saturated carbocycles. The Morgan fingerprint density at radius 2 is 2.00 bits per heavy atom. The van der Waals surface area contributed by atoms with Crippen molar-refractivity contribution in [3.05, 3.63) is 41.5 Å². The summed E-state index contributed by atoms with van der Waals surface area (Å²) in [6, 6.07) is 3.56. The van der Waals surface area contributed by atoms with E-state index in [1.165, 1.54) is 18.9 Å². The van der Waals surface area contributed by atoms with E-state index in [2.05, 4.69) is 6.92 Å². The molecule has 0 aliphatic heterocycles. The van der Waals surface area contributed by atoms with Gasteiger partial charge in [0.15, 0.2) is 17.3 Å². The molecule has 1 aromatic rings. The smallest absolute Gasteiger partial charge is 0.178 e. The van der Waals surface area contributed by atoms with Gasteiger partial charge in [-0.05, 0) is 62.1 Å². The summed E-state index contributed by atoms with van der Waals surface area (Å²) < 4.78 is 5.38. The second-order valence-corrected chi connectivity index (χ2v) is 5.25. The van der Waals surface area contributed by atoms with Crippen molar-refractivity contribution in [2.45, 2.75) is 46.5 Å². The fraction of sp³-hybridized carbons (Fsp3) is 0.421. The molecule has 1 N–H and O–H groups in total. The average molecular weight is 302 g/mol. The fourth-order valence-corrected chi connectivity index (χ4v) is 2.08. The van der Waals surface area contributed by atoms with Crippen molar-refractivity contribution in [2.24, 2.45) is 0 Å². The summed E-state index contributed by atoms with van der Waals surface area (Å²) in [5.74, 6) is 0.575. The van der Waals surface area contributed by atoms with Gasteiger partial charge in [0, 0.05) is 0 Å². The lowest BCUT2D eigenvalue weighted by atomic mass is 10.1. The number of unbranched alkanes of at least 4 members (excludes halogenated alkanes) is 3. The van der Waals surface area contributed by atoms with Crippen molar-refractivity contribution in [3.63, 3.8) is 0 Å². The molecule has 0 unspecified atom stereocenters. The lowest BCUT2D eigenvalue weighted by Crippen LogP contribution is -1.94. The molecular formula is C19H26O3. The average Bonchev–Trinajstić information content (AvgIpc) is 2.50. The van der Waals surface area contributed by atoms with Crippen LogP contribution >= 0.6 is 0 Å². The number of rotatable bonds is 9. The number of carbonyl (C=O) groups is 1. The molecule has 3 nitrogen and oxygen atoms in total. The van der Waals surface area contributed by atoms with Gasteiger partial charge in [-0.3, -0.25) is 4.79 Å². The van der Waals surface area contributed by atoms with Crippen LogP contribution in [0.4, 0.5) is 0 Å². The summed E-state index contributed by atoms with van der Waals surface area (Å²) in [5, 5.41) is 9.89. The van der Waals surface area contributed by atoms with Crippen molar-refractivity contribution in [2.75, 3.05) is 6.61 Å². The maximum Gasteiger partial charge on any atom is 0.178 e. The van der Waals surface area contributed by atoms with Crippen LogP contribution in [-0.2, 0) is 4.79 Å². The Hall–Kier alpha value is -2.03. The number of hydrogen-bond acceptors (Lipinski definition) is 3. The minimum Gasteiger partial charge on any atom is -0.504 e. The molecule has 0 aromatic heterocycles. The van der Waals surface area contributed by atoms with Gasteiger partial charge in [0.1, 0.15) is 0 Å². The third-order valence-corrected chi connectivity index (χ3v) is 3.28. The van der Waals surface area contributed by atoms with E-state index in [9.17, 15) is 9.90 Å². The molecule has 0 spiro atoms. The number of hydrogen-bond donors (Lipinski definition) is 1. The van der Waals surface area contributed by atoms with E-state index in [1.807, 2.05) is 26.0 Å². The Bertz CT molecular complexity index is 542. The maximum absolute atomic E-state index is 11.8. The van der Waals surface area contributed by atoms with E-state index < -0.39 is 0 Å². The van der Waals surface area contributed by atoms with Crippen LogP contribution < -0.4 is 4.74 Å². The zero-order valence-electron chi connectivity index (χ0n) is 13.8. The summed E-state index contributed by atoms with van der Waals surface area (Å²) in [7, 11) is 0. The summed E-state index contributed by atoms with van der Waals surface area (Å²) in [6.45, 7) is 6.32. The number of phenolic OH excluding ortho intramolecular Hbond substituents is 1. The van der Waals surface area contributed by atoms with E-state index >= 15 is 0 Å². The number of allylic oxidation sites excluding steroid dienone is 3. The molecule has 22 heavy (non-hydrogen) atoms. The van der Waals surface area contributed by atoms with Gasteiger partial charge in [0.05, 0.1) is 6.61 Å². The van der Waals surface area contributed by atoms with Crippen molar-refractivity contribution >= 4 is 11.9 Å². The number of phenols is 1. The van der Waals surface area contributed by atoms with E-state index in [0.717, 1.165) is 24.0 Å². The first kappa shape index (κ1) is 18.0. The first-order chi connectivity index (χ1) is 10.6. The third-order valence-electron chi connectivity index (χ3n) is 3.28. The van der Waals surface area contributed by atoms with Crippen molar-refractivity contribution < 1.29 is 14.6 Å². The summed E-state index contributed by atoms with van der Waals surface area (Å²) >= 11 is 0. The van der Waals surface area contributed by atoms with Gasteiger partial charge < -0.3 is 9.84 Å². The number of aromatic hydroxyl groups is 1. The molecule has 0 saturated heterocycles. The van der Waals surface area contributed by atoms with Crippen LogP contribution in [-0.4, -0.2) is 17.5 Å². The topological polar surface area (TPSA) is 46.5 Å². The third kappa shape index (κ3) is 6.17. The maximum atomic E-state index is 11.8. The van der Waals surface area contributed by atoms with E-state index in [4.69, 9.17) is 4.74 Å². The first-order valence-electron chi connectivity index (χ1n) is 7.93. The van der Waals surface area contributed by atoms with E-state index in [1.54, 1.807) is 18.2 Å². The van der Waals surface area contributed by atoms with E-state index in [-0.39, 0.29) is 11.5 Å². The number of ketones is 1. The molecule has 3 heteroatoms.